The second-order valence-electron chi connectivity index (χ2n) is 7.28. The van der Waals surface area contributed by atoms with Crippen LogP contribution in [0.2, 0.25) is 0 Å². The first-order valence-corrected chi connectivity index (χ1v) is 9.21. The molecule has 0 radical (unpaired) electrons. The Morgan fingerprint density at radius 2 is 1.81 bits per heavy atom. The van der Waals surface area contributed by atoms with Gasteiger partial charge < -0.3 is 10.3 Å². The van der Waals surface area contributed by atoms with Crippen molar-refractivity contribution in [3.8, 4) is 0 Å². The summed E-state index contributed by atoms with van der Waals surface area (Å²) in [6.07, 6.45) is 1.89. The van der Waals surface area contributed by atoms with Gasteiger partial charge in [0.1, 0.15) is 5.82 Å². The van der Waals surface area contributed by atoms with Gasteiger partial charge in [-0.1, -0.05) is 42.0 Å². The largest absolute Gasteiger partial charge is 0.357 e. The van der Waals surface area contributed by atoms with Crippen molar-refractivity contribution in [2.75, 3.05) is 6.54 Å². The average molecular weight is 381 g/mol. The molecule has 4 heteroatoms. The van der Waals surface area contributed by atoms with Crippen LogP contribution in [0.5, 0.6) is 0 Å². The first-order valence-electron chi connectivity index (χ1n) is 9.21. The Bertz CT molecular complexity index is 1130. The minimum atomic E-state index is -0.150. The van der Waals surface area contributed by atoms with E-state index in [1.807, 2.05) is 30.3 Å². The number of aromatic nitrogens is 1. The summed E-state index contributed by atoms with van der Waals surface area (Å²) in [5, 5.41) is 6.71. The first-order chi connectivity index (χ1) is 12.7. The molecule has 0 amide bonds. The van der Waals surface area contributed by atoms with E-state index in [0.717, 1.165) is 24.8 Å². The third-order valence-electron chi connectivity index (χ3n) is 5.59. The van der Waals surface area contributed by atoms with E-state index in [2.05, 4.69) is 35.4 Å². The van der Waals surface area contributed by atoms with Gasteiger partial charge in [-0.3, -0.25) is 0 Å². The van der Waals surface area contributed by atoms with Crippen molar-refractivity contribution >= 4 is 34.1 Å². The number of nitrogens with one attached hydrogen (secondary N) is 2. The molecule has 2 heterocycles. The second-order valence-corrected chi connectivity index (χ2v) is 7.28. The normalized spacial score (nSPS) is 16.3. The lowest BCUT2D eigenvalue weighted by atomic mass is 9.92. The lowest BCUT2D eigenvalue weighted by Gasteiger charge is -2.25. The summed E-state index contributed by atoms with van der Waals surface area (Å²) in [6, 6.07) is 18.1. The maximum atomic E-state index is 14.1. The first kappa shape index (κ1) is 18.0. The van der Waals surface area contributed by atoms with Gasteiger partial charge in [0.25, 0.3) is 0 Å². The Kier molecular flexibility index (Phi) is 4.67. The summed E-state index contributed by atoms with van der Waals surface area (Å²) < 4.78 is 14.1. The summed E-state index contributed by atoms with van der Waals surface area (Å²) in [6.45, 7) is 3.11. The van der Waals surface area contributed by atoms with E-state index in [1.54, 1.807) is 6.07 Å². The number of aromatic amines is 1. The maximum absolute atomic E-state index is 14.1. The van der Waals surface area contributed by atoms with Crippen LogP contribution < -0.4 is 5.32 Å². The summed E-state index contributed by atoms with van der Waals surface area (Å²) in [5.41, 5.74) is 6.39. The van der Waals surface area contributed by atoms with Gasteiger partial charge in [0, 0.05) is 22.0 Å². The number of fused-ring (bicyclic) bond motifs is 4. The van der Waals surface area contributed by atoms with Gasteiger partial charge in [-0.05, 0) is 61.0 Å². The van der Waals surface area contributed by atoms with Crippen LogP contribution in [-0.4, -0.2) is 11.5 Å². The van der Waals surface area contributed by atoms with E-state index in [9.17, 15) is 4.39 Å². The molecular formula is C23H22ClFN2. The SMILES string of the molecule is Cc1ccc2[nH]c3c(c2c1)CCNC3Cc1ccc(F)c2ccccc12.Cl. The lowest BCUT2D eigenvalue weighted by molar-refractivity contribution is 0.496. The molecule has 2 N–H and O–H groups in total. The van der Waals surface area contributed by atoms with Crippen LogP contribution >= 0.6 is 12.4 Å². The summed E-state index contributed by atoms with van der Waals surface area (Å²) in [5.74, 6) is -0.150. The van der Waals surface area contributed by atoms with Gasteiger partial charge in [-0.15, -0.1) is 12.4 Å². The van der Waals surface area contributed by atoms with Crippen LogP contribution in [0.4, 0.5) is 4.39 Å². The Morgan fingerprint density at radius 3 is 2.67 bits per heavy atom. The number of H-pyrrole nitrogens is 1. The molecular weight excluding hydrogens is 359 g/mol. The third kappa shape index (κ3) is 3.01. The zero-order chi connectivity index (χ0) is 17.7. The highest BCUT2D eigenvalue weighted by molar-refractivity contribution is 5.87. The van der Waals surface area contributed by atoms with Crippen molar-refractivity contribution in [1.29, 1.82) is 0 Å². The second kappa shape index (κ2) is 6.99. The standard InChI is InChI=1S/C23H21FN2.ClH/c1-14-6-9-21-19(12-14)18-10-11-25-22(23(18)26-21)13-15-7-8-20(24)17-5-3-2-4-16(15)17;/h2-9,12,22,25-26H,10-11,13H2,1H3;1H. The van der Waals surface area contributed by atoms with Crippen LogP contribution in [0, 0.1) is 12.7 Å². The molecule has 1 unspecified atom stereocenters. The Morgan fingerprint density at radius 1 is 1.00 bits per heavy atom. The molecule has 0 fully saturated rings. The van der Waals surface area contributed by atoms with Gasteiger partial charge in [0.2, 0.25) is 0 Å². The molecule has 138 valence electrons. The highest BCUT2D eigenvalue weighted by Gasteiger charge is 2.24. The molecule has 0 saturated carbocycles. The van der Waals surface area contributed by atoms with Crippen molar-refractivity contribution in [1.82, 2.24) is 10.3 Å². The minimum Gasteiger partial charge on any atom is -0.357 e. The fraction of sp³-hybridized carbons (Fsp3) is 0.217. The molecule has 0 spiro atoms. The highest BCUT2D eigenvalue weighted by atomic mass is 35.5. The molecule has 27 heavy (non-hydrogen) atoms. The summed E-state index contributed by atoms with van der Waals surface area (Å²) in [7, 11) is 0. The summed E-state index contributed by atoms with van der Waals surface area (Å²) >= 11 is 0. The molecule has 4 aromatic rings. The van der Waals surface area contributed by atoms with E-state index < -0.39 is 0 Å². The molecule has 3 aromatic carbocycles. The van der Waals surface area contributed by atoms with Gasteiger partial charge in [-0.2, -0.15) is 0 Å². The molecule has 0 saturated heterocycles. The Labute approximate surface area is 164 Å². The van der Waals surface area contributed by atoms with Crippen molar-refractivity contribution in [2.45, 2.75) is 25.8 Å². The molecule has 5 rings (SSSR count). The maximum Gasteiger partial charge on any atom is 0.131 e. The van der Waals surface area contributed by atoms with Gasteiger partial charge in [-0.25, -0.2) is 4.39 Å². The van der Waals surface area contributed by atoms with Crippen molar-refractivity contribution < 1.29 is 4.39 Å². The van der Waals surface area contributed by atoms with E-state index in [1.165, 1.54) is 33.3 Å². The Balaban J connectivity index is 0.00000180. The molecule has 1 aliphatic heterocycles. The van der Waals surface area contributed by atoms with Gasteiger partial charge >= 0.3 is 0 Å². The highest BCUT2D eigenvalue weighted by Crippen LogP contribution is 2.33. The molecule has 0 bridgehead atoms. The number of aryl methyl sites for hydroxylation is 1. The topological polar surface area (TPSA) is 27.8 Å². The fourth-order valence-electron chi connectivity index (χ4n) is 4.32. The lowest BCUT2D eigenvalue weighted by Crippen LogP contribution is -2.31. The van der Waals surface area contributed by atoms with Crippen molar-refractivity contribution in [3.05, 3.63) is 82.8 Å². The van der Waals surface area contributed by atoms with E-state index >= 15 is 0 Å². The zero-order valence-electron chi connectivity index (χ0n) is 15.2. The van der Waals surface area contributed by atoms with Crippen LogP contribution in [0.1, 0.15) is 28.4 Å². The number of hydrogen-bond donors (Lipinski definition) is 2. The smallest absolute Gasteiger partial charge is 0.131 e. The zero-order valence-corrected chi connectivity index (χ0v) is 16.0. The van der Waals surface area contributed by atoms with Crippen LogP contribution in [0.25, 0.3) is 21.7 Å². The monoisotopic (exact) mass is 380 g/mol. The van der Waals surface area contributed by atoms with E-state index in [0.29, 0.717) is 5.39 Å². The number of rotatable bonds is 2. The van der Waals surface area contributed by atoms with Crippen molar-refractivity contribution in [2.24, 2.45) is 0 Å². The number of benzene rings is 3. The van der Waals surface area contributed by atoms with Gasteiger partial charge in [0.05, 0.1) is 6.04 Å². The quantitative estimate of drug-likeness (QED) is 0.464. The van der Waals surface area contributed by atoms with Crippen LogP contribution in [-0.2, 0) is 12.8 Å². The predicted molar refractivity (Wildman–Crippen MR) is 112 cm³/mol. The van der Waals surface area contributed by atoms with Crippen LogP contribution in [0.3, 0.4) is 0 Å². The molecule has 1 atom stereocenters. The molecule has 0 aliphatic carbocycles. The van der Waals surface area contributed by atoms with Crippen molar-refractivity contribution in [3.63, 3.8) is 0 Å². The van der Waals surface area contributed by atoms with Gasteiger partial charge in [0.15, 0.2) is 0 Å². The number of halogens is 2. The van der Waals surface area contributed by atoms with E-state index in [4.69, 9.17) is 0 Å². The summed E-state index contributed by atoms with van der Waals surface area (Å²) in [4.78, 5) is 3.64. The Hall–Kier alpha value is -2.36. The fourth-order valence-corrected chi connectivity index (χ4v) is 4.32. The van der Waals surface area contributed by atoms with Crippen LogP contribution in [0.15, 0.2) is 54.6 Å². The van der Waals surface area contributed by atoms with E-state index in [-0.39, 0.29) is 24.3 Å². The predicted octanol–water partition coefficient (Wildman–Crippen LogP) is 5.62. The average Bonchev–Trinajstić information content (AvgIpc) is 3.03. The molecule has 2 nitrogen and oxygen atoms in total. The number of hydrogen-bond acceptors (Lipinski definition) is 1. The molecule has 1 aliphatic rings. The molecule has 1 aromatic heterocycles. The minimum absolute atomic E-state index is 0. The third-order valence-corrected chi connectivity index (χ3v) is 5.59.